The largest absolute Gasteiger partial charge is 0.494 e. The minimum absolute atomic E-state index is 0.789. The van der Waals surface area contributed by atoms with E-state index < -0.39 is 0 Å². The summed E-state index contributed by atoms with van der Waals surface area (Å²) in [5.41, 5.74) is 1.30. The van der Waals surface area contributed by atoms with Gasteiger partial charge in [0.2, 0.25) is 0 Å². The van der Waals surface area contributed by atoms with Crippen molar-refractivity contribution in [2.24, 2.45) is 0 Å². The van der Waals surface area contributed by atoms with Crippen molar-refractivity contribution >= 4 is 0 Å². The fourth-order valence-corrected chi connectivity index (χ4v) is 1.65. The maximum Gasteiger partial charge on any atom is 0.119 e. The van der Waals surface area contributed by atoms with Crippen LogP contribution in [0.1, 0.15) is 31.7 Å². The van der Waals surface area contributed by atoms with E-state index in [-0.39, 0.29) is 0 Å². The molecule has 0 saturated carbocycles. The highest BCUT2D eigenvalue weighted by Crippen LogP contribution is 2.12. The van der Waals surface area contributed by atoms with Gasteiger partial charge in [0, 0.05) is 20.3 Å². The number of rotatable bonds is 10. The summed E-state index contributed by atoms with van der Waals surface area (Å²) >= 11 is 0. The molecule has 0 aliphatic carbocycles. The second kappa shape index (κ2) is 9.92. The van der Waals surface area contributed by atoms with Crippen molar-refractivity contribution in [3.05, 3.63) is 29.8 Å². The number of hydrogen-bond acceptors (Lipinski definition) is 3. The number of ether oxygens (including phenoxy) is 2. The SMILES string of the molecule is CCCOc1ccc(CNCCCCOC)cc1. The Bertz CT molecular complexity index is 298. The average Bonchev–Trinajstić information content (AvgIpc) is 2.42. The first-order chi connectivity index (χ1) is 8.86. The fourth-order valence-electron chi connectivity index (χ4n) is 1.65. The Kier molecular flexibility index (Phi) is 8.26. The van der Waals surface area contributed by atoms with Crippen LogP contribution in [0.15, 0.2) is 24.3 Å². The summed E-state index contributed by atoms with van der Waals surface area (Å²) in [5, 5.41) is 3.43. The normalized spacial score (nSPS) is 10.6. The summed E-state index contributed by atoms with van der Waals surface area (Å²) in [4.78, 5) is 0. The van der Waals surface area contributed by atoms with Gasteiger partial charge >= 0.3 is 0 Å². The highest BCUT2D eigenvalue weighted by atomic mass is 16.5. The van der Waals surface area contributed by atoms with Gasteiger partial charge in [-0.25, -0.2) is 0 Å². The van der Waals surface area contributed by atoms with E-state index in [1.165, 1.54) is 5.56 Å². The topological polar surface area (TPSA) is 30.5 Å². The molecule has 0 saturated heterocycles. The van der Waals surface area contributed by atoms with Crippen LogP contribution in [-0.2, 0) is 11.3 Å². The van der Waals surface area contributed by atoms with E-state index in [1.54, 1.807) is 7.11 Å². The van der Waals surface area contributed by atoms with Gasteiger partial charge in [-0.2, -0.15) is 0 Å². The Balaban J connectivity index is 2.14. The Hall–Kier alpha value is -1.06. The summed E-state index contributed by atoms with van der Waals surface area (Å²) in [6.07, 6.45) is 3.32. The standard InChI is InChI=1S/C15H25NO2/c1-3-11-18-15-8-6-14(7-9-15)13-16-10-4-5-12-17-2/h6-9,16H,3-5,10-13H2,1-2H3. The summed E-state index contributed by atoms with van der Waals surface area (Å²) in [7, 11) is 1.75. The first-order valence-corrected chi connectivity index (χ1v) is 6.78. The minimum atomic E-state index is 0.789. The molecular weight excluding hydrogens is 226 g/mol. The molecule has 0 aliphatic heterocycles. The van der Waals surface area contributed by atoms with Crippen LogP contribution in [0.4, 0.5) is 0 Å². The molecule has 0 aliphatic rings. The van der Waals surface area contributed by atoms with Crippen LogP contribution in [0.5, 0.6) is 5.75 Å². The molecule has 0 bridgehead atoms. The van der Waals surface area contributed by atoms with Gasteiger partial charge < -0.3 is 14.8 Å². The lowest BCUT2D eigenvalue weighted by atomic mass is 10.2. The number of nitrogens with one attached hydrogen (secondary N) is 1. The summed E-state index contributed by atoms with van der Waals surface area (Å²) in [6, 6.07) is 8.31. The lowest BCUT2D eigenvalue weighted by Gasteiger charge is -2.07. The summed E-state index contributed by atoms with van der Waals surface area (Å²) in [5.74, 6) is 0.959. The predicted octanol–water partition coefficient (Wildman–Crippen LogP) is 2.99. The van der Waals surface area contributed by atoms with E-state index in [1.807, 2.05) is 12.1 Å². The quantitative estimate of drug-likeness (QED) is 0.648. The zero-order valence-corrected chi connectivity index (χ0v) is 11.6. The van der Waals surface area contributed by atoms with Crippen molar-refractivity contribution in [3.63, 3.8) is 0 Å². The van der Waals surface area contributed by atoms with E-state index >= 15 is 0 Å². The molecule has 0 heterocycles. The van der Waals surface area contributed by atoms with Gasteiger partial charge in [0.05, 0.1) is 6.61 Å². The second-order valence-corrected chi connectivity index (χ2v) is 4.37. The Morgan fingerprint density at radius 2 is 1.83 bits per heavy atom. The molecule has 0 unspecified atom stereocenters. The zero-order valence-electron chi connectivity index (χ0n) is 11.6. The molecule has 1 N–H and O–H groups in total. The van der Waals surface area contributed by atoms with Crippen LogP contribution in [-0.4, -0.2) is 26.9 Å². The fraction of sp³-hybridized carbons (Fsp3) is 0.600. The van der Waals surface area contributed by atoms with Crippen molar-refractivity contribution in [3.8, 4) is 5.75 Å². The number of unbranched alkanes of at least 4 members (excludes halogenated alkanes) is 1. The first-order valence-electron chi connectivity index (χ1n) is 6.78. The highest BCUT2D eigenvalue weighted by Gasteiger charge is 1.95. The smallest absolute Gasteiger partial charge is 0.119 e. The minimum Gasteiger partial charge on any atom is -0.494 e. The molecule has 1 rings (SSSR count). The molecule has 0 fully saturated rings. The molecule has 0 spiro atoms. The third-order valence-corrected chi connectivity index (χ3v) is 2.68. The first kappa shape index (κ1) is 15.0. The number of hydrogen-bond donors (Lipinski definition) is 1. The third-order valence-electron chi connectivity index (χ3n) is 2.68. The zero-order chi connectivity index (χ0) is 13.1. The maximum atomic E-state index is 5.55. The lowest BCUT2D eigenvalue weighted by molar-refractivity contribution is 0.192. The van der Waals surface area contributed by atoms with Gasteiger partial charge in [-0.05, 0) is 43.5 Å². The van der Waals surface area contributed by atoms with Crippen molar-refractivity contribution in [2.45, 2.75) is 32.7 Å². The predicted molar refractivity (Wildman–Crippen MR) is 75.0 cm³/mol. The van der Waals surface area contributed by atoms with Crippen LogP contribution in [0.2, 0.25) is 0 Å². The molecule has 1 aromatic rings. The van der Waals surface area contributed by atoms with Gasteiger partial charge in [0.25, 0.3) is 0 Å². The highest BCUT2D eigenvalue weighted by molar-refractivity contribution is 5.27. The Labute approximate surface area is 110 Å². The second-order valence-electron chi connectivity index (χ2n) is 4.37. The van der Waals surface area contributed by atoms with Crippen LogP contribution < -0.4 is 10.1 Å². The van der Waals surface area contributed by atoms with Gasteiger partial charge in [0.15, 0.2) is 0 Å². The molecular formula is C15H25NO2. The van der Waals surface area contributed by atoms with Crippen LogP contribution in [0.3, 0.4) is 0 Å². The van der Waals surface area contributed by atoms with Crippen molar-refractivity contribution in [2.75, 3.05) is 26.9 Å². The molecule has 3 nitrogen and oxygen atoms in total. The van der Waals surface area contributed by atoms with Crippen LogP contribution in [0.25, 0.3) is 0 Å². The van der Waals surface area contributed by atoms with Gasteiger partial charge in [-0.15, -0.1) is 0 Å². The summed E-state index contributed by atoms with van der Waals surface area (Å²) in [6.45, 7) is 5.71. The third kappa shape index (κ3) is 6.62. The van der Waals surface area contributed by atoms with Crippen molar-refractivity contribution in [1.82, 2.24) is 5.32 Å². The molecule has 102 valence electrons. The van der Waals surface area contributed by atoms with Gasteiger partial charge in [-0.3, -0.25) is 0 Å². The lowest BCUT2D eigenvalue weighted by Crippen LogP contribution is -2.15. The Morgan fingerprint density at radius 3 is 2.50 bits per heavy atom. The molecule has 0 aromatic heterocycles. The maximum absolute atomic E-state index is 5.55. The molecule has 3 heteroatoms. The molecule has 1 aromatic carbocycles. The van der Waals surface area contributed by atoms with Gasteiger partial charge in [0.1, 0.15) is 5.75 Å². The molecule has 0 radical (unpaired) electrons. The monoisotopic (exact) mass is 251 g/mol. The molecule has 18 heavy (non-hydrogen) atoms. The number of methoxy groups -OCH3 is 1. The van der Waals surface area contributed by atoms with E-state index in [0.29, 0.717) is 0 Å². The van der Waals surface area contributed by atoms with Crippen LogP contribution >= 0.6 is 0 Å². The van der Waals surface area contributed by atoms with E-state index in [9.17, 15) is 0 Å². The average molecular weight is 251 g/mol. The van der Waals surface area contributed by atoms with Crippen LogP contribution in [0, 0.1) is 0 Å². The summed E-state index contributed by atoms with van der Waals surface area (Å²) < 4.78 is 10.6. The number of benzene rings is 1. The Morgan fingerprint density at radius 1 is 1.06 bits per heavy atom. The molecule has 0 atom stereocenters. The van der Waals surface area contributed by atoms with E-state index in [4.69, 9.17) is 9.47 Å². The van der Waals surface area contributed by atoms with E-state index in [2.05, 4.69) is 24.4 Å². The molecule has 0 amide bonds. The van der Waals surface area contributed by atoms with E-state index in [0.717, 1.165) is 51.3 Å². The van der Waals surface area contributed by atoms with Gasteiger partial charge in [-0.1, -0.05) is 19.1 Å². The van der Waals surface area contributed by atoms with Crippen molar-refractivity contribution in [1.29, 1.82) is 0 Å². The van der Waals surface area contributed by atoms with Crippen molar-refractivity contribution < 1.29 is 9.47 Å².